The van der Waals surface area contributed by atoms with E-state index in [-0.39, 0.29) is 17.7 Å². The highest BCUT2D eigenvalue weighted by molar-refractivity contribution is 5.95. The standard InChI is InChI=1S/C18H20N4O2/c1-13-10-20-16(11-19-13)18(24)22-9-5-6-14(12-22)17(23)21-15-7-3-2-4-8-15/h2-4,7-8,10-11,14H,5-6,9,12H2,1H3,(H,21,23). The van der Waals surface area contributed by atoms with Gasteiger partial charge in [-0.05, 0) is 31.9 Å². The molecule has 1 unspecified atom stereocenters. The van der Waals surface area contributed by atoms with E-state index in [1.54, 1.807) is 11.1 Å². The second kappa shape index (κ2) is 7.21. The van der Waals surface area contributed by atoms with Crippen LogP contribution >= 0.6 is 0 Å². The third kappa shape index (κ3) is 3.76. The van der Waals surface area contributed by atoms with Gasteiger partial charge in [-0.25, -0.2) is 4.98 Å². The largest absolute Gasteiger partial charge is 0.336 e. The fourth-order valence-corrected chi connectivity index (χ4v) is 2.81. The summed E-state index contributed by atoms with van der Waals surface area (Å²) in [5.74, 6) is -0.422. The highest BCUT2D eigenvalue weighted by Gasteiger charge is 2.29. The molecule has 3 rings (SSSR count). The number of hydrogen-bond acceptors (Lipinski definition) is 4. The van der Waals surface area contributed by atoms with Crippen molar-refractivity contribution < 1.29 is 9.59 Å². The topological polar surface area (TPSA) is 75.2 Å². The number of rotatable bonds is 3. The maximum Gasteiger partial charge on any atom is 0.274 e. The molecule has 0 aliphatic carbocycles. The molecule has 6 heteroatoms. The second-order valence-electron chi connectivity index (χ2n) is 5.99. The Labute approximate surface area is 140 Å². The molecule has 1 N–H and O–H groups in total. The zero-order valence-electron chi connectivity index (χ0n) is 13.6. The predicted molar refractivity (Wildman–Crippen MR) is 90.5 cm³/mol. The van der Waals surface area contributed by atoms with Crippen LogP contribution in [0.2, 0.25) is 0 Å². The number of benzene rings is 1. The third-order valence-electron chi connectivity index (χ3n) is 4.12. The number of hydrogen-bond donors (Lipinski definition) is 1. The Morgan fingerprint density at radius 2 is 1.96 bits per heavy atom. The molecule has 1 aliphatic rings. The summed E-state index contributed by atoms with van der Waals surface area (Å²) in [5, 5.41) is 2.91. The Balaban J connectivity index is 1.64. The first-order valence-electron chi connectivity index (χ1n) is 8.07. The molecule has 2 heterocycles. The summed E-state index contributed by atoms with van der Waals surface area (Å²) in [5.41, 5.74) is 1.87. The van der Waals surface area contributed by atoms with Crippen LogP contribution in [-0.4, -0.2) is 39.8 Å². The number of anilines is 1. The molecule has 0 saturated carbocycles. The molecule has 1 saturated heterocycles. The van der Waals surface area contributed by atoms with Gasteiger partial charge in [-0.2, -0.15) is 0 Å². The molecule has 0 radical (unpaired) electrons. The lowest BCUT2D eigenvalue weighted by atomic mass is 9.96. The molecule has 1 aromatic carbocycles. The molecule has 2 aromatic rings. The summed E-state index contributed by atoms with van der Waals surface area (Å²) in [6.07, 6.45) is 4.65. The minimum Gasteiger partial charge on any atom is -0.336 e. The van der Waals surface area contributed by atoms with Crippen molar-refractivity contribution in [3.05, 3.63) is 54.1 Å². The summed E-state index contributed by atoms with van der Waals surface area (Å²) in [6.45, 7) is 2.88. The number of amides is 2. The summed E-state index contributed by atoms with van der Waals surface area (Å²) in [4.78, 5) is 34.9. The summed E-state index contributed by atoms with van der Waals surface area (Å²) >= 11 is 0. The molecule has 1 aliphatic heterocycles. The van der Waals surface area contributed by atoms with Crippen molar-refractivity contribution in [1.29, 1.82) is 0 Å². The van der Waals surface area contributed by atoms with E-state index in [2.05, 4.69) is 15.3 Å². The number of carbonyl (C=O) groups is 2. The highest BCUT2D eigenvalue weighted by atomic mass is 16.2. The molecule has 1 atom stereocenters. The van der Waals surface area contributed by atoms with E-state index >= 15 is 0 Å². The zero-order valence-corrected chi connectivity index (χ0v) is 13.6. The van der Waals surface area contributed by atoms with Crippen LogP contribution in [0.25, 0.3) is 0 Å². The number of likely N-dealkylation sites (tertiary alicyclic amines) is 1. The van der Waals surface area contributed by atoms with Crippen molar-refractivity contribution in [3.63, 3.8) is 0 Å². The highest BCUT2D eigenvalue weighted by Crippen LogP contribution is 2.20. The number of nitrogens with one attached hydrogen (secondary N) is 1. The van der Waals surface area contributed by atoms with Crippen LogP contribution in [0.15, 0.2) is 42.7 Å². The van der Waals surface area contributed by atoms with E-state index in [1.807, 2.05) is 37.3 Å². The number of aromatic nitrogens is 2. The van der Waals surface area contributed by atoms with Gasteiger partial charge in [0.25, 0.3) is 5.91 Å². The fraction of sp³-hybridized carbons (Fsp3) is 0.333. The van der Waals surface area contributed by atoms with E-state index in [1.165, 1.54) is 6.20 Å². The number of carbonyl (C=O) groups excluding carboxylic acids is 2. The molecular weight excluding hydrogens is 304 g/mol. The SMILES string of the molecule is Cc1cnc(C(=O)N2CCCC(C(=O)Nc3ccccc3)C2)cn1. The van der Waals surface area contributed by atoms with Gasteiger partial charge in [0.15, 0.2) is 0 Å². The average Bonchev–Trinajstić information content (AvgIpc) is 2.63. The monoisotopic (exact) mass is 324 g/mol. The van der Waals surface area contributed by atoms with Crippen LogP contribution < -0.4 is 5.32 Å². The van der Waals surface area contributed by atoms with Gasteiger partial charge in [0, 0.05) is 25.0 Å². The average molecular weight is 324 g/mol. The molecular formula is C18H20N4O2. The normalized spacial score (nSPS) is 17.4. The van der Waals surface area contributed by atoms with Gasteiger partial charge < -0.3 is 10.2 Å². The lowest BCUT2D eigenvalue weighted by Gasteiger charge is -2.31. The van der Waals surface area contributed by atoms with Crippen molar-refractivity contribution in [2.45, 2.75) is 19.8 Å². The van der Waals surface area contributed by atoms with Crippen molar-refractivity contribution in [2.24, 2.45) is 5.92 Å². The van der Waals surface area contributed by atoms with Gasteiger partial charge in [0.1, 0.15) is 5.69 Å². The van der Waals surface area contributed by atoms with Crippen LogP contribution in [0.4, 0.5) is 5.69 Å². The minimum atomic E-state index is -0.207. The van der Waals surface area contributed by atoms with Crippen LogP contribution in [-0.2, 0) is 4.79 Å². The Morgan fingerprint density at radius 3 is 2.67 bits per heavy atom. The van der Waals surface area contributed by atoms with Crippen LogP contribution in [0.5, 0.6) is 0 Å². The van der Waals surface area contributed by atoms with E-state index < -0.39 is 0 Å². The van der Waals surface area contributed by atoms with Gasteiger partial charge in [0.05, 0.1) is 17.8 Å². The second-order valence-corrected chi connectivity index (χ2v) is 5.99. The number of piperidine rings is 1. The van der Waals surface area contributed by atoms with Crippen LogP contribution in [0, 0.1) is 12.8 Å². The first-order valence-corrected chi connectivity index (χ1v) is 8.07. The Kier molecular flexibility index (Phi) is 4.84. The van der Waals surface area contributed by atoms with Gasteiger partial charge in [-0.15, -0.1) is 0 Å². The molecule has 6 nitrogen and oxygen atoms in total. The van der Waals surface area contributed by atoms with E-state index in [0.717, 1.165) is 24.2 Å². The molecule has 24 heavy (non-hydrogen) atoms. The maximum atomic E-state index is 12.5. The van der Waals surface area contributed by atoms with E-state index in [4.69, 9.17) is 0 Å². The molecule has 1 fully saturated rings. The number of para-hydroxylation sites is 1. The lowest BCUT2D eigenvalue weighted by Crippen LogP contribution is -2.44. The Morgan fingerprint density at radius 1 is 1.17 bits per heavy atom. The maximum absolute atomic E-state index is 12.5. The molecule has 0 spiro atoms. The first-order chi connectivity index (χ1) is 11.6. The van der Waals surface area contributed by atoms with Gasteiger partial charge in [-0.1, -0.05) is 18.2 Å². The lowest BCUT2D eigenvalue weighted by molar-refractivity contribution is -0.121. The first kappa shape index (κ1) is 16.1. The summed E-state index contributed by atoms with van der Waals surface area (Å²) < 4.78 is 0. The van der Waals surface area contributed by atoms with Gasteiger partial charge in [-0.3, -0.25) is 14.6 Å². The zero-order chi connectivity index (χ0) is 16.9. The molecule has 124 valence electrons. The smallest absolute Gasteiger partial charge is 0.274 e. The molecule has 1 aromatic heterocycles. The third-order valence-corrected chi connectivity index (χ3v) is 4.12. The van der Waals surface area contributed by atoms with Crippen molar-refractivity contribution in [3.8, 4) is 0 Å². The predicted octanol–water partition coefficient (Wildman–Crippen LogP) is 2.28. The van der Waals surface area contributed by atoms with Crippen molar-refractivity contribution >= 4 is 17.5 Å². The van der Waals surface area contributed by atoms with E-state index in [9.17, 15) is 9.59 Å². The number of nitrogens with zero attached hydrogens (tertiary/aromatic N) is 3. The van der Waals surface area contributed by atoms with Gasteiger partial charge >= 0.3 is 0 Å². The van der Waals surface area contributed by atoms with Crippen LogP contribution in [0.3, 0.4) is 0 Å². The summed E-state index contributed by atoms with van der Waals surface area (Å²) in [7, 11) is 0. The Bertz CT molecular complexity index is 716. The molecule has 0 bridgehead atoms. The Hall–Kier alpha value is -2.76. The van der Waals surface area contributed by atoms with Crippen LogP contribution in [0.1, 0.15) is 29.0 Å². The molecule has 2 amide bonds. The number of aryl methyl sites for hydroxylation is 1. The van der Waals surface area contributed by atoms with Gasteiger partial charge in [0.2, 0.25) is 5.91 Å². The van der Waals surface area contributed by atoms with Crippen molar-refractivity contribution in [2.75, 3.05) is 18.4 Å². The van der Waals surface area contributed by atoms with E-state index in [0.29, 0.717) is 18.8 Å². The van der Waals surface area contributed by atoms with Crippen molar-refractivity contribution in [1.82, 2.24) is 14.9 Å². The minimum absolute atomic E-state index is 0.0475. The fourth-order valence-electron chi connectivity index (χ4n) is 2.81. The summed E-state index contributed by atoms with van der Waals surface area (Å²) in [6, 6.07) is 9.36. The quantitative estimate of drug-likeness (QED) is 0.940.